The van der Waals surface area contributed by atoms with Gasteiger partial charge in [0.1, 0.15) is 11.5 Å². The minimum Gasteiger partial charge on any atom is -0.483 e. The number of carbonyl (C=O) groups is 3. The van der Waals surface area contributed by atoms with Gasteiger partial charge in [-0.15, -0.1) is 0 Å². The number of thiocarbonyl (C=S) groups is 1. The van der Waals surface area contributed by atoms with E-state index in [1.807, 2.05) is 0 Å². The zero-order valence-electron chi connectivity index (χ0n) is 21.8. The lowest BCUT2D eigenvalue weighted by Crippen LogP contribution is -2.45. The highest BCUT2D eigenvalue weighted by molar-refractivity contribution is 7.80. The number of carbonyl (C=O) groups excluding carboxylic acids is 3. The van der Waals surface area contributed by atoms with E-state index in [2.05, 4.69) is 21.2 Å². The summed E-state index contributed by atoms with van der Waals surface area (Å²) in [5, 5.41) is 10.3. The molecule has 0 fully saturated rings. The van der Waals surface area contributed by atoms with Gasteiger partial charge in [-0.2, -0.15) is 5.10 Å². The van der Waals surface area contributed by atoms with Crippen molar-refractivity contribution in [2.24, 2.45) is 5.10 Å². The first-order chi connectivity index (χ1) is 18.8. The Morgan fingerprint density at radius 3 is 2.44 bits per heavy atom. The van der Waals surface area contributed by atoms with E-state index in [1.54, 1.807) is 69.3 Å². The van der Waals surface area contributed by atoms with Crippen LogP contribution in [0.15, 0.2) is 64.9 Å². The van der Waals surface area contributed by atoms with Crippen LogP contribution in [-0.2, 0) is 23.9 Å². The maximum Gasteiger partial charge on any atom is 0.344 e. The highest BCUT2D eigenvalue weighted by atomic mass is 32.1. The standard InChI is InChI=1S/C27H30N4O7S/c1-4-35-23(33)16-37-19-12-10-18(11-13-19)14-28-31-22(32)15-38-21-9-7-6-8-20(21)25-24(26(34)36-5-2)17(3)29-27(39)30-25/h6-14,25H,4-5,15-16H2,1-3H3,(H,31,32)(H2,29,30,39)/t25-/m1/s1. The van der Waals surface area contributed by atoms with Gasteiger partial charge in [-0.1, -0.05) is 18.2 Å². The van der Waals surface area contributed by atoms with Gasteiger partial charge in [0.05, 0.1) is 31.0 Å². The number of esters is 2. The van der Waals surface area contributed by atoms with Crippen molar-refractivity contribution in [3.05, 3.63) is 70.9 Å². The molecule has 1 amide bonds. The van der Waals surface area contributed by atoms with E-state index in [4.69, 9.17) is 31.2 Å². The molecule has 0 saturated carbocycles. The molecule has 0 aliphatic carbocycles. The Morgan fingerprint density at radius 1 is 1.00 bits per heavy atom. The lowest BCUT2D eigenvalue weighted by molar-refractivity contribution is -0.145. The van der Waals surface area contributed by atoms with Gasteiger partial charge in [0, 0.05) is 11.3 Å². The minimum absolute atomic E-state index is 0.180. The first kappa shape index (κ1) is 29.1. The fourth-order valence-corrected chi connectivity index (χ4v) is 3.88. The van der Waals surface area contributed by atoms with E-state index in [9.17, 15) is 14.4 Å². The highest BCUT2D eigenvalue weighted by Crippen LogP contribution is 2.33. The normalized spacial score (nSPS) is 14.7. The van der Waals surface area contributed by atoms with E-state index in [1.165, 1.54) is 6.21 Å². The van der Waals surface area contributed by atoms with Crippen molar-refractivity contribution >= 4 is 41.4 Å². The molecule has 0 spiro atoms. The fraction of sp³-hybridized carbons (Fsp3) is 0.296. The molecule has 206 valence electrons. The number of allylic oxidation sites excluding steroid dienone is 1. The van der Waals surface area contributed by atoms with Gasteiger partial charge in [0.2, 0.25) is 0 Å². The summed E-state index contributed by atoms with van der Waals surface area (Å²) in [5.74, 6) is -0.523. The molecule has 1 aliphatic rings. The summed E-state index contributed by atoms with van der Waals surface area (Å²) >= 11 is 5.29. The Morgan fingerprint density at radius 2 is 1.72 bits per heavy atom. The van der Waals surface area contributed by atoms with Crippen LogP contribution in [0, 0.1) is 0 Å². The molecule has 2 aromatic carbocycles. The van der Waals surface area contributed by atoms with Crippen LogP contribution in [0.25, 0.3) is 0 Å². The van der Waals surface area contributed by atoms with E-state index in [0.29, 0.717) is 45.6 Å². The lowest BCUT2D eigenvalue weighted by Gasteiger charge is -2.30. The molecule has 3 rings (SSSR count). The number of ether oxygens (including phenoxy) is 4. The molecule has 2 aromatic rings. The van der Waals surface area contributed by atoms with Crippen LogP contribution in [0.1, 0.15) is 37.9 Å². The molecule has 1 heterocycles. The molecular weight excluding hydrogens is 524 g/mol. The van der Waals surface area contributed by atoms with Crippen LogP contribution in [0.5, 0.6) is 11.5 Å². The van der Waals surface area contributed by atoms with Crippen LogP contribution in [0.4, 0.5) is 0 Å². The van der Waals surface area contributed by atoms with Crippen LogP contribution in [0.3, 0.4) is 0 Å². The average molecular weight is 555 g/mol. The first-order valence-corrected chi connectivity index (χ1v) is 12.6. The number of benzene rings is 2. The fourth-order valence-electron chi connectivity index (χ4n) is 3.61. The number of nitrogens with one attached hydrogen (secondary N) is 3. The SMILES string of the molecule is CCOC(=O)COc1ccc(C=NNC(=O)COc2ccccc2[C@H]2NC(=S)NC(C)=C2C(=O)OCC)cc1. The Balaban J connectivity index is 1.59. The Labute approximate surface area is 231 Å². The summed E-state index contributed by atoms with van der Waals surface area (Å²) < 4.78 is 21.2. The molecule has 39 heavy (non-hydrogen) atoms. The number of amides is 1. The number of rotatable bonds is 12. The van der Waals surface area contributed by atoms with Crippen molar-refractivity contribution in [2.75, 3.05) is 26.4 Å². The van der Waals surface area contributed by atoms with Crippen molar-refractivity contribution in [1.29, 1.82) is 0 Å². The average Bonchev–Trinajstić information content (AvgIpc) is 2.91. The monoisotopic (exact) mass is 554 g/mol. The van der Waals surface area contributed by atoms with E-state index in [-0.39, 0.29) is 19.8 Å². The van der Waals surface area contributed by atoms with Crippen molar-refractivity contribution < 1.29 is 33.3 Å². The second-order valence-electron chi connectivity index (χ2n) is 8.07. The highest BCUT2D eigenvalue weighted by Gasteiger charge is 2.32. The molecule has 1 aliphatic heterocycles. The third kappa shape index (κ3) is 8.54. The zero-order valence-corrected chi connectivity index (χ0v) is 22.6. The van der Waals surface area contributed by atoms with Crippen LogP contribution < -0.4 is 25.5 Å². The van der Waals surface area contributed by atoms with Crippen LogP contribution in [0.2, 0.25) is 0 Å². The minimum atomic E-state index is -0.626. The quantitative estimate of drug-likeness (QED) is 0.155. The van der Waals surface area contributed by atoms with E-state index >= 15 is 0 Å². The summed E-state index contributed by atoms with van der Waals surface area (Å²) in [5.41, 5.74) is 4.67. The Hall–Kier alpha value is -4.45. The van der Waals surface area contributed by atoms with E-state index < -0.39 is 23.9 Å². The number of hydrogen-bond donors (Lipinski definition) is 3. The summed E-state index contributed by atoms with van der Waals surface area (Å²) in [6, 6.07) is 13.2. The molecule has 0 unspecified atom stereocenters. The Kier molecular flexibility index (Phi) is 10.8. The molecule has 3 N–H and O–H groups in total. The van der Waals surface area contributed by atoms with Gasteiger partial charge in [-0.3, -0.25) is 4.79 Å². The van der Waals surface area contributed by atoms with Crippen LogP contribution in [-0.4, -0.2) is 55.6 Å². The number of nitrogens with zero attached hydrogens (tertiary/aromatic N) is 1. The summed E-state index contributed by atoms with van der Waals surface area (Å²) in [7, 11) is 0. The summed E-state index contributed by atoms with van der Waals surface area (Å²) in [6.07, 6.45) is 1.46. The van der Waals surface area contributed by atoms with Crippen molar-refractivity contribution in [1.82, 2.24) is 16.1 Å². The Bertz CT molecular complexity index is 1260. The maximum atomic E-state index is 12.7. The zero-order chi connectivity index (χ0) is 28.2. The third-order valence-corrected chi connectivity index (χ3v) is 5.52. The number of hydrogen-bond acceptors (Lipinski definition) is 9. The van der Waals surface area contributed by atoms with Gasteiger partial charge < -0.3 is 29.6 Å². The molecule has 0 saturated heterocycles. The van der Waals surface area contributed by atoms with E-state index in [0.717, 1.165) is 0 Å². The predicted molar refractivity (Wildman–Crippen MR) is 147 cm³/mol. The summed E-state index contributed by atoms with van der Waals surface area (Å²) in [4.78, 5) is 36.4. The molecule has 0 bridgehead atoms. The van der Waals surface area contributed by atoms with Crippen molar-refractivity contribution in [3.63, 3.8) is 0 Å². The molecule has 12 heteroatoms. The molecule has 0 radical (unpaired) electrons. The van der Waals surface area contributed by atoms with Crippen molar-refractivity contribution in [2.45, 2.75) is 26.8 Å². The smallest absolute Gasteiger partial charge is 0.344 e. The van der Waals surface area contributed by atoms with Gasteiger partial charge in [0.25, 0.3) is 5.91 Å². The topological polar surface area (TPSA) is 137 Å². The maximum absolute atomic E-state index is 12.7. The predicted octanol–water partition coefficient (Wildman–Crippen LogP) is 2.51. The van der Waals surface area contributed by atoms with Gasteiger partial charge in [-0.25, -0.2) is 15.0 Å². The van der Waals surface area contributed by atoms with Gasteiger partial charge >= 0.3 is 11.9 Å². The molecule has 1 atom stereocenters. The molecular formula is C27H30N4O7S. The third-order valence-electron chi connectivity index (χ3n) is 5.30. The molecule has 0 aromatic heterocycles. The first-order valence-electron chi connectivity index (χ1n) is 12.2. The summed E-state index contributed by atoms with van der Waals surface area (Å²) in [6.45, 7) is 5.21. The van der Waals surface area contributed by atoms with Gasteiger partial charge in [0.15, 0.2) is 18.3 Å². The number of para-hydroxylation sites is 1. The number of hydrazone groups is 1. The van der Waals surface area contributed by atoms with Crippen molar-refractivity contribution in [3.8, 4) is 11.5 Å². The second kappa shape index (κ2) is 14.5. The van der Waals surface area contributed by atoms with Crippen LogP contribution >= 0.6 is 12.2 Å². The lowest BCUT2D eigenvalue weighted by atomic mass is 9.95. The largest absolute Gasteiger partial charge is 0.483 e. The van der Waals surface area contributed by atoms with Gasteiger partial charge in [-0.05, 0) is 68.9 Å². The second-order valence-corrected chi connectivity index (χ2v) is 8.48. The molecule has 11 nitrogen and oxygen atoms in total.